The molecule has 0 radical (unpaired) electrons. The van der Waals surface area contributed by atoms with Crippen molar-refractivity contribution in [3.05, 3.63) is 48.8 Å². The molecule has 0 spiro atoms. The predicted molar refractivity (Wildman–Crippen MR) is 83.0 cm³/mol. The van der Waals surface area contributed by atoms with Gasteiger partial charge in [0.15, 0.2) is 5.75 Å². The molecule has 114 valence electrons. The molecule has 0 bridgehead atoms. The van der Waals surface area contributed by atoms with Crippen molar-refractivity contribution >= 4 is 11.6 Å². The number of ether oxygens (including phenoxy) is 2. The van der Waals surface area contributed by atoms with Crippen LogP contribution in [-0.4, -0.2) is 23.6 Å². The van der Waals surface area contributed by atoms with Crippen LogP contribution in [0.3, 0.4) is 0 Å². The van der Waals surface area contributed by atoms with Crippen molar-refractivity contribution < 1.29 is 14.3 Å². The molecule has 1 aromatic carbocycles. The molecular weight excluding hydrogens is 280 g/mol. The smallest absolute Gasteiger partial charge is 0.227 e. The number of pyridine rings is 1. The van der Waals surface area contributed by atoms with Gasteiger partial charge >= 0.3 is 0 Å². The van der Waals surface area contributed by atoms with Crippen molar-refractivity contribution in [1.29, 1.82) is 0 Å². The summed E-state index contributed by atoms with van der Waals surface area (Å²) in [5.74, 6) is 1.20. The van der Waals surface area contributed by atoms with Crippen LogP contribution in [0.4, 0.5) is 5.69 Å². The minimum atomic E-state index is -0.0854. The van der Waals surface area contributed by atoms with Gasteiger partial charge in [-0.1, -0.05) is 18.2 Å². The van der Waals surface area contributed by atoms with Crippen LogP contribution in [0.2, 0.25) is 0 Å². The molecule has 1 aromatic heterocycles. The average Bonchev–Trinajstić information content (AvgIpc) is 3.03. The van der Waals surface area contributed by atoms with Crippen molar-refractivity contribution in [3.8, 4) is 11.5 Å². The highest BCUT2D eigenvalue weighted by molar-refractivity contribution is 5.92. The van der Waals surface area contributed by atoms with Gasteiger partial charge in [-0.2, -0.15) is 0 Å². The number of amides is 1. The Morgan fingerprint density at radius 1 is 1.32 bits per heavy atom. The van der Waals surface area contributed by atoms with E-state index in [1.165, 1.54) is 0 Å². The van der Waals surface area contributed by atoms with Gasteiger partial charge in [0, 0.05) is 18.9 Å². The lowest BCUT2D eigenvalue weighted by Crippen LogP contribution is -2.19. The molecular formula is C17H18N2O3. The zero-order valence-corrected chi connectivity index (χ0v) is 12.2. The van der Waals surface area contributed by atoms with Crippen LogP contribution in [0.15, 0.2) is 48.8 Å². The maximum atomic E-state index is 12.1. The molecule has 1 aliphatic rings. The van der Waals surface area contributed by atoms with E-state index in [0.717, 1.165) is 19.4 Å². The minimum absolute atomic E-state index is 0.0233. The highest BCUT2D eigenvalue weighted by Gasteiger charge is 2.19. The van der Waals surface area contributed by atoms with E-state index in [1.54, 1.807) is 18.5 Å². The fourth-order valence-corrected chi connectivity index (χ4v) is 2.39. The van der Waals surface area contributed by atoms with E-state index in [1.807, 2.05) is 30.3 Å². The molecule has 22 heavy (non-hydrogen) atoms. The van der Waals surface area contributed by atoms with Crippen LogP contribution in [-0.2, 0) is 9.53 Å². The molecule has 0 aliphatic carbocycles. The van der Waals surface area contributed by atoms with Gasteiger partial charge in [0.05, 0.1) is 18.7 Å². The van der Waals surface area contributed by atoms with Crippen molar-refractivity contribution in [2.45, 2.75) is 25.4 Å². The Morgan fingerprint density at radius 2 is 2.18 bits per heavy atom. The van der Waals surface area contributed by atoms with Gasteiger partial charge < -0.3 is 14.8 Å². The van der Waals surface area contributed by atoms with Gasteiger partial charge in [-0.15, -0.1) is 0 Å². The van der Waals surface area contributed by atoms with E-state index in [0.29, 0.717) is 23.6 Å². The number of carbonyl (C=O) groups excluding carboxylic acids is 1. The zero-order valence-electron chi connectivity index (χ0n) is 12.2. The third-order valence-electron chi connectivity index (χ3n) is 3.46. The minimum Gasteiger partial charge on any atom is -0.455 e. The summed E-state index contributed by atoms with van der Waals surface area (Å²) in [4.78, 5) is 16.1. The van der Waals surface area contributed by atoms with Gasteiger partial charge in [0.2, 0.25) is 5.91 Å². The molecule has 5 nitrogen and oxygen atoms in total. The molecule has 0 unspecified atom stereocenters. The molecule has 2 heterocycles. The fourth-order valence-electron chi connectivity index (χ4n) is 2.39. The third-order valence-corrected chi connectivity index (χ3v) is 3.46. The summed E-state index contributed by atoms with van der Waals surface area (Å²) >= 11 is 0. The molecule has 2 aromatic rings. The molecule has 1 saturated heterocycles. The van der Waals surface area contributed by atoms with E-state index < -0.39 is 0 Å². The van der Waals surface area contributed by atoms with Crippen molar-refractivity contribution in [3.63, 3.8) is 0 Å². The molecule has 1 amide bonds. The van der Waals surface area contributed by atoms with Crippen LogP contribution in [0.5, 0.6) is 11.5 Å². The van der Waals surface area contributed by atoms with Crippen molar-refractivity contribution in [1.82, 2.24) is 4.98 Å². The van der Waals surface area contributed by atoms with Gasteiger partial charge in [-0.25, -0.2) is 0 Å². The lowest BCUT2D eigenvalue weighted by molar-refractivity contribution is -0.118. The first-order valence-electron chi connectivity index (χ1n) is 7.39. The quantitative estimate of drug-likeness (QED) is 0.919. The number of para-hydroxylation sites is 1. The number of carbonyl (C=O) groups is 1. The van der Waals surface area contributed by atoms with E-state index in [2.05, 4.69) is 10.3 Å². The first-order chi connectivity index (χ1) is 10.8. The molecule has 0 saturated carbocycles. The Morgan fingerprint density at radius 3 is 2.95 bits per heavy atom. The summed E-state index contributed by atoms with van der Waals surface area (Å²) in [6.45, 7) is 0.743. The van der Waals surface area contributed by atoms with Crippen LogP contribution < -0.4 is 10.1 Å². The first-order valence-corrected chi connectivity index (χ1v) is 7.39. The monoisotopic (exact) mass is 298 g/mol. The van der Waals surface area contributed by atoms with Gasteiger partial charge in [-0.05, 0) is 25.0 Å². The number of nitrogens with one attached hydrogen (secondary N) is 1. The van der Waals surface area contributed by atoms with Gasteiger partial charge in [-0.3, -0.25) is 9.78 Å². The Bertz CT molecular complexity index is 625. The van der Waals surface area contributed by atoms with E-state index in [-0.39, 0.29) is 12.0 Å². The number of hydrogen-bond donors (Lipinski definition) is 1. The lowest BCUT2D eigenvalue weighted by Gasteiger charge is -2.13. The Hall–Kier alpha value is -2.40. The Labute approximate surface area is 129 Å². The number of benzene rings is 1. The summed E-state index contributed by atoms with van der Waals surface area (Å²) in [5.41, 5.74) is 0.564. The van der Waals surface area contributed by atoms with E-state index >= 15 is 0 Å². The summed E-state index contributed by atoms with van der Waals surface area (Å²) in [7, 11) is 0. The number of nitrogens with zero attached hydrogens (tertiary/aromatic N) is 1. The fraction of sp³-hybridized carbons (Fsp3) is 0.294. The maximum Gasteiger partial charge on any atom is 0.227 e. The molecule has 3 rings (SSSR count). The molecule has 1 aliphatic heterocycles. The summed E-state index contributed by atoms with van der Waals surface area (Å²) < 4.78 is 11.3. The van der Waals surface area contributed by atoms with Gasteiger partial charge in [0.1, 0.15) is 11.4 Å². The number of aromatic nitrogens is 1. The van der Waals surface area contributed by atoms with E-state index in [9.17, 15) is 4.79 Å². The Kier molecular flexibility index (Phi) is 4.65. The normalized spacial score (nSPS) is 17.2. The zero-order chi connectivity index (χ0) is 15.2. The lowest BCUT2D eigenvalue weighted by atomic mass is 10.2. The van der Waals surface area contributed by atoms with Crippen LogP contribution in [0.1, 0.15) is 19.3 Å². The van der Waals surface area contributed by atoms with Crippen LogP contribution in [0, 0.1) is 0 Å². The van der Waals surface area contributed by atoms with Crippen LogP contribution in [0.25, 0.3) is 0 Å². The number of hydrogen-bond acceptors (Lipinski definition) is 4. The first kappa shape index (κ1) is 14.5. The third kappa shape index (κ3) is 3.83. The topological polar surface area (TPSA) is 60.5 Å². The molecule has 1 N–H and O–H groups in total. The molecule has 1 atom stereocenters. The van der Waals surface area contributed by atoms with Crippen molar-refractivity contribution in [2.75, 3.05) is 11.9 Å². The standard InChI is InChI=1S/C17H18N2O3/c20-17(11-14-7-4-10-21-14)19-15-12-18-9-8-16(15)22-13-5-2-1-3-6-13/h1-3,5-6,8-9,12,14H,4,7,10-11H2,(H,19,20)/t14-/m1/s1. The predicted octanol–water partition coefficient (Wildman–Crippen LogP) is 3.38. The van der Waals surface area contributed by atoms with Gasteiger partial charge in [0.25, 0.3) is 0 Å². The highest BCUT2D eigenvalue weighted by Crippen LogP contribution is 2.28. The summed E-state index contributed by atoms with van der Waals surface area (Å²) in [6.07, 6.45) is 5.57. The maximum absolute atomic E-state index is 12.1. The van der Waals surface area contributed by atoms with Crippen LogP contribution >= 0.6 is 0 Å². The second-order valence-electron chi connectivity index (χ2n) is 5.17. The second kappa shape index (κ2) is 7.04. The molecule has 5 heteroatoms. The molecule has 1 fully saturated rings. The number of rotatable bonds is 5. The summed E-state index contributed by atoms with van der Waals surface area (Å²) in [5, 5.41) is 2.85. The largest absolute Gasteiger partial charge is 0.455 e. The summed E-state index contributed by atoms with van der Waals surface area (Å²) in [6, 6.07) is 11.2. The van der Waals surface area contributed by atoms with E-state index in [4.69, 9.17) is 9.47 Å². The average molecular weight is 298 g/mol. The Balaban J connectivity index is 1.66. The van der Waals surface area contributed by atoms with Crippen molar-refractivity contribution in [2.24, 2.45) is 0 Å². The SMILES string of the molecule is O=C(C[C@H]1CCCO1)Nc1cnccc1Oc1ccccc1. The second-order valence-corrected chi connectivity index (χ2v) is 5.17. The number of anilines is 1. The highest BCUT2D eigenvalue weighted by atomic mass is 16.5.